The van der Waals surface area contributed by atoms with E-state index in [2.05, 4.69) is 17.4 Å². The van der Waals surface area contributed by atoms with Crippen molar-refractivity contribution < 1.29 is 14.2 Å². The largest absolute Gasteiger partial charge is 0.497 e. The van der Waals surface area contributed by atoms with E-state index in [9.17, 15) is 0 Å². The first-order chi connectivity index (χ1) is 9.83. The molecule has 1 saturated heterocycles. The smallest absolute Gasteiger partial charge is 0.118 e. The van der Waals surface area contributed by atoms with Crippen molar-refractivity contribution in [2.45, 2.75) is 18.9 Å². The van der Waals surface area contributed by atoms with Crippen LogP contribution in [0.3, 0.4) is 0 Å². The first-order valence-electron chi connectivity index (χ1n) is 7.30. The molecular formula is C16H25NO3. The van der Waals surface area contributed by atoms with Gasteiger partial charge in [0.1, 0.15) is 5.75 Å². The Morgan fingerprint density at radius 1 is 1.25 bits per heavy atom. The summed E-state index contributed by atoms with van der Waals surface area (Å²) in [5.41, 5.74) is 1.22. The number of rotatable bonds is 7. The van der Waals surface area contributed by atoms with E-state index < -0.39 is 0 Å². The van der Waals surface area contributed by atoms with Crippen molar-refractivity contribution in [1.82, 2.24) is 5.32 Å². The lowest BCUT2D eigenvalue weighted by Gasteiger charge is -2.23. The number of hydrogen-bond acceptors (Lipinski definition) is 4. The molecule has 1 atom stereocenters. The Hall–Kier alpha value is -1.10. The average molecular weight is 279 g/mol. The molecule has 20 heavy (non-hydrogen) atoms. The van der Waals surface area contributed by atoms with Crippen LogP contribution in [0.4, 0.5) is 0 Å². The highest BCUT2D eigenvalue weighted by molar-refractivity contribution is 5.29. The van der Waals surface area contributed by atoms with E-state index in [4.69, 9.17) is 14.2 Å². The highest BCUT2D eigenvalue weighted by Gasteiger charge is 2.15. The molecule has 1 aromatic rings. The van der Waals surface area contributed by atoms with E-state index in [0.717, 1.165) is 38.4 Å². The molecule has 2 rings (SSSR count). The Labute approximate surface area is 121 Å². The molecule has 0 spiro atoms. The molecule has 112 valence electrons. The molecule has 1 aliphatic heterocycles. The summed E-state index contributed by atoms with van der Waals surface area (Å²) in [5.74, 6) is 1.53. The minimum Gasteiger partial charge on any atom is -0.497 e. The molecule has 0 bridgehead atoms. The monoisotopic (exact) mass is 279 g/mol. The van der Waals surface area contributed by atoms with Gasteiger partial charge in [-0.25, -0.2) is 0 Å². The van der Waals surface area contributed by atoms with E-state index in [-0.39, 0.29) is 6.04 Å². The molecule has 1 unspecified atom stereocenters. The van der Waals surface area contributed by atoms with Crippen molar-refractivity contribution in [3.8, 4) is 5.75 Å². The summed E-state index contributed by atoms with van der Waals surface area (Å²) in [7, 11) is 3.65. The molecule has 0 aromatic heterocycles. The molecule has 0 saturated carbocycles. The van der Waals surface area contributed by atoms with Gasteiger partial charge in [-0.15, -0.1) is 0 Å². The van der Waals surface area contributed by atoms with Gasteiger partial charge in [0.2, 0.25) is 0 Å². The maximum Gasteiger partial charge on any atom is 0.118 e. The molecule has 1 fully saturated rings. The van der Waals surface area contributed by atoms with Crippen molar-refractivity contribution in [3.05, 3.63) is 29.8 Å². The normalized spacial score (nSPS) is 17.9. The van der Waals surface area contributed by atoms with Crippen molar-refractivity contribution in [2.75, 3.05) is 40.6 Å². The lowest BCUT2D eigenvalue weighted by molar-refractivity contribution is 0.0156. The van der Waals surface area contributed by atoms with Crippen LogP contribution in [-0.4, -0.2) is 40.6 Å². The van der Waals surface area contributed by atoms with Crippen LogP contribution in [-0.2, 0) is 9.47 Å². The quantitative estimate of drug-likeness (QED) is 0.832. The summed E-state index contributed by atoms with van der Waals surface area (Å²) in [6.07, 6.45) is 2.24. The molecule has 1 aromatic carbocycles. The molecule has 0 amide bonds. The minimum absolute atomic E-state index is 0.223. The minimum atomic E-state index is 0.223. The Morgan fingerprint density at radius 3 is 2.55 bits per heavy atom. The van der Waals surface area contributed by atoms with Crippen molar-refractivity contribution in [1.29, 1.82) is 0 Å². The summed E-state index contributed by atoms with van der Waals surface area (Å²) >= 11 is 0. The van der Waals surface area contributed by atoms with Crippen molar-refractivity contribution in [2.24, 2.45) is 5.92 Å². The molecule has 4 heteroatoms. The fourth-order valence-electron chi connectivity index (χ4n) is 2.45. The average Bonchev–Trinajstić information content (AvgIpc) is 2.53. The summed E-state index contributed by atoms with van der Waals surface area (Å²) in [6, 6.07) is 8.35. The summed E-state index contributed by atoms with van der Waals surface area (Å²) in [4.78, 5) is 0. The van der Waals surface area contributed by atoms with E-state index >= 15 is 0 Å². The maximum atomic E-state index is 5.89. The van der Waals surface area contributed by atoms with Crippen molar-refractivity contribution in [3.63, 3.8) is 0 Å². The fraction of sp³-hybridized carbons (Fsp3) is 0.625. The topological polar surface area (TPSA) is 39.7 Å². The lowest BCUT2D eigenvalue weighted by atomic mass is 10.0. The van der Waals surface area contributed by atoms with Gasteiger partial charge in [0.25, 0.3) is 0 Å². The van der Waals surface area contributed by atoms with Crippen LogP contribution in [0.5, 0.6) is 5.75 Å². The SMILES string of the molecule is CNC(COCC1CCOCC1)c1ccc(OC)cc1. The first-order valence-corrected chi connectivity index (χ1v) is 7.30. The van der Waals surface area contributed by atoms with Crippen molar-refractivity contribution >= 4 is 0 Å². The summed E-state index contributed by atoms with van der Waals surface area (Å²) < 4.78 is 16.4. The highest BCUT2D eigenvalue weighted by atomic mass is 16.5. The van der Waals surface area contributed by atoms with E-state index in [1.165, 1.54) is 5.56 Å². The Bertz CT molecular complexity index is 374. The summed E-state index contributed by atoms with van der Waals surface area (Å²) in [6.45, 7) is 3.28. The van der Waals surface area contributed by atoms with E-state index in [1.807, 2.05) is 19.2 Å². The van der Waals surface area contributed by atoms with Crippen LogP contribution in [0.15, 0.2) is 24.3 Å². The Kier molecular flexibility index (Phi) is 6.30. The number of likely N-dealkylation sites (N-methyl/N-ethyl adjacent to an activating group) is 1. The number of benzene rings is 1. The molecule has 4 nitrogen and oxygen atoms in total. The molecular weight excluding hydrogens is 254 g/mol. The number of methoxy groups -OCH3 is 1. The highest BCUT2D eigenvalue weighted by Crippen LogP contribution is 2.19. The van der Waals surface area contributed by atoms with Gasteiger partial charge in [-0.1, -0.05) is 12.1 Å². The zero-order chi connectivity index (χ0) is 14.2. The van der Waals surface area contributed by atoms with Crippen LogP contribution < -0.4 is 10.1 Å². The van der Waals surface area contributed by atoms with Crippen LogP contribution in [0.1, 0.15) is 24.4 Å². The summed E-state index contributed by atoms with van der Waals surface area (Å²) in [5, 5.41) is 3.30. The zero-order valence-corrected chi connectivity index (χ0v) is 12.4. The molecule has 0 radical (unpaired) electrons. The first kappa shape index (κ1) is 15.3. The molecule has 1 heterocycles. The third-order valence-electron chi connectivity index (χ3n) is 3.85. The van der Waals surface area contributed by atoms with Gasteiger partial charge >= 0.3 is 0 Å². The Balaban J connectivity index is 1.78. The van der Waals surface area contributed by atoms with Gasteiger partial charge in [0, 0.05) is 19.8 Å². The predicted octanol–water partition coefficient (Wildman–Crippen LogP) is 2.40. The second-order valence-electron chi connectivity index (χ2n) is 5.21. The fourth-order valence-corrected chi connectivity index (χ4v) is 2.45. The second kappa shape index (κ2) is 8.25. The van der Waals surface area contributed by atoms with Crippen LogP contribution >= 0.6 is 0 Å². The standard InChI is InChI=1S/C16H25NO3/c1-17-16(14-3-5-15(18-2)6-4-14)12-20-11-13-7-9-19-10-8-13/h3-6,13,16-17H,7-12H2,1-2H3. The van der Waals surface area contributed by atoms with Gasteiger partial charge in [-0.05, 0) is 43.5 Å². The van der Waals surface area contributed by atoms with E-state index in [1.54, 1.807) is 7.11 Å². The van der Waals surface area contributed by atoms with Gasteiger partial charge in [-0.3, -0.25) is 0 Å². The lowest BCUT2D eigenvalue weighted by Crippen LogP contribution is -2.25. The van der Waals surface area contributed by atoms with Gasteiger partial charge < -0.3 is 19.5 Å². The van der Waals surface area contributed by atoms with Crippen LogP contribution in [0.25, 0.3) is 0 Å². The third kappa shape index (κ3) is 4.47. The van der Waals surface area contributed by atoms with Gasteiger partial charge in [0.15, 0.2) is 0 Å². The maximum absolute atomic E-state index is 5.89. The number of nitrogens with one attached hydrogen (secondary N) is 1. The predicted molar refractivity (Wildman–Crippen MR) is 79.2 cm³/mol. The van der Waals surface area contributed by atoms with E-state index in [0.29, 0.717) is 12.5 Å². The molecule has 0 aliphatic carbocycles. The van der Waals surface area contributed by atoms with Crippen LogP contribution in [0.2, 0.25) is 0 Å². The van der Waals surface area contributed by atoms with Gasteiger partial charge in [-0.2, -0.15) is 0 Å². The molecule has 1 N–H and O–H groups in total. The van der Waals surface area contributed by atoms with Crippen LogP contribution in [0, 0.1) is 5.92 Å². The van der Waals surface area contributed by atoms with Gasteiger partial charge in [0.05, 0.1) is 19.8 Å². The number of ether oxygens (including phenoxy) is 3. The number of hydrogen-bond donors (Lipinski definition) is 1. The third-order valence-corrected chi connectivity index (χ3v) is 3.85. The molecule has 1 aliphatic rings. The zero-order valence-electron chi connectivity index (χ0n) is 12.4. The second-order valence-corrected chi connectivity index (χ2v) is 5.21. The Morgan fingerprint density at radius 2 is 1.95 bits per heavy atom.